The summed E-state index contributed by atoms with van der Waals surface area (Å²) < 4.78 is 33.1. The molecule has 0 spiro atoms. The predicted molar refractivity (Wildman–Crippen MR) is 68.7 cm³/mol. The van der Waals surface area contributed by atoms with E-state index in [4.69, 9.17) is 14.6 Å². The highest BCUT2D eigenvalue weighted by Gasteiger charge is 2.09. The number of aliphatic hydroxyl groups is 1. The molecule has 1 aromatic rings. The molecule has 0 saturated heterocycles. The van der Waals surface area contributed by atoms with E-state index in [1.54, 1.807) is 25.1 Å². The zero-order valence-corrected chi connectivity index (χ0v) is 11.4. The Bertz CT molecular complexity index is 481. The summed E-state index contributed by atoms with van der Waals surface area (Å²) in [5.74, 6) is 1.11. The van der Waals surface area contributed by atoms with Crippen LogP contribution in [-0.2, 0) is 16.4 Å². The fourth-order valence-corrected chi connectivity index (χ4v) is 1.98. The molecule has 0 aromatic heterocycles. The Labute approximate surface area is 107 Å². The molecule has 0 aliphatic carbocycles. The van der Waals surface area contributed by atoms with Crippen molar-refractivity contribution in [3.05, 3.63) is 23.8 Å². The highest BCUT2D eigenvalue weighted by molar-refractivity contribution is 7.91. The summed E-state index contributed by atoms with van der Waals surface area (Å²) >= 11 is 0. The molecule has 0 atom stereocenters. The normalized spacial score (nSPS) is 11.3. The van der Waals surface area contributed by atoms with Gasteiger partial charge in [-0.05, 0) is 12.1 Å². The first-order valence-electron chi connectivity index (χ1n) is 5.63. The van der Waals surface area contributed by atoms with Crippen molar-refractivity contribution in [3.8, 4) is 11.5 Å². The summed E-state index contributed by atoms with van der Waals surface area (Å²) in [6.07, 6.45) is 0. The molecular formula is C12H18O5S. The van der Waals surface area contributed by atoms with Gasteiger partial charge in [0.1, 0.15) is 18.1 Å². The van der Waals surface area contributed by atoms with Gasteiger partial charge < -0.3 is 14.6 Å². The minimum absolute atomic E-state index is 0.0361. The van der Waals surface area contributed by atoms with Gasteiger partial charge in [-0.2, -0.15) is 0 Å². The number of hydrogen-bond acceptors (Lipinski definition) is 5. The van der Waals surface area contributed by atoms with E-state index in [9.17, 15) is 8.42 Å². The van der Waals surface area contributed by atoms with Crippen molar-refractivity contribution in [1.82, 2.24) is 0 Å². The fraction of sp³-hybridized carbons (Fsp3) is 0.500. The summed E-state index contributed by atoms with van der Waals surface area (Å²) in [4.78, 5) is 0. The molecule has 0 saturated carbocycles. The lowest BCUT2D eigenvalue weighted by atomic mass is 10.2. The van der Waals surface area contributed by atoms with Crippen LogP contribution in [0.2, 0.25) is 0 Å². The molecule has 0 unspecified atom stereocenters. The van der Waals surface area contributed by atoms with Crippen molar-refractivity contribution in [3.63, 3.8) is 0 Å². The van der Waals surface area contributed by atoms with Gasteiger partial charge in [0.15, 0.2) is 9.84 Å². The number of sulfone groups is 1. The quantitative estimate of drug-likeness (QED) is 0.803. The molecule has 0 aliphatic rings. The van der Waals surface area contributed by atoms with E-state index < -0.39 is 9.84 Å². The second kappa shape index (κ2) is 6.61. The molecular weight excluding hydrogens is 256 g/mol. The highest BCUT2D eigenvalue weighted by Crippen LogP contribution is 2.24. The molecule has 0 amide bonds. The van der Waals surface area contributed by atoms with Crippen LogP contribution in [0.15, 0.2) is 18.2 Å². The largest absolute Gasteiger partial charge is 0.497 e. The van der Waals surface area contributed by atoms with Crippen molar-refractivity contribution in [2.75, 3.05) is 25.2 Å². The third-order valence-corrected chi connectivity index (χ3v) is 4.20. The van der Waals surface area contributed by atoms with Crippen LogP contribution in [0, 0.1) is 0 Å². The minimum atomic E-state index is -3.04. The summed E-state index contributed by atoms with van der Waals surface area (Å²) in [5, 5.41) is 9.15. The van der Waals surface area contributed by atoms with Gasteiger partial charge in [0.05, 0.1) is 19.5 Å². The number of hydrogen-bond donors (Lipinski definition) is 1. The SMILES string of the molecule is CCS(=O)(=O)CCOc1cc(OC)ccc1CO. The van der Waals surface area contributed by atoms with Crippen LogP contribution in [0.1, 0.15) is 12.5 Å². The van der Waals surface area contributed by atoms with E-state index in [1.807, 2.05) is 0 Å². The first-order chi connectivity index (χ1) is 8.52. The van der Waals surface area contributed by atoms with E-state index in [0.717, 1.165) is 0 Å². The maximum atomic E-state index is 11.3. The zero-order chi connectivity index (χ0) is 13.6. The first-order valence-corrected chi connectivity index (χ1v) is 7.45. The molecule has 1 aromatic carbocycles. The molecule has 0 heterocycles. The molecule has 6 heteroatoms. The number of aliphatic hydroxyl groups excluding tert-OH is 1. The summed E-state index contributed by atoms with van der Waals surface area (Å²) in [6, 6.07) is 5.02. The summed E-state index contributed by atoms with van der Waals surface area (Å²) in [7, 11) is -1.52. The highest BCUT2D eigenvalue weighted by atomic mass is 32.2. The van der Waals surface area contributed by atoms with E-state index >= 15 is 0 Å². The van der Waals surface area contributed by atoms with Crippen LogP contribution in [-0.4, -0.2) is 38.7 Å². The number of methoxy groups -OCH3 is 1. The molecule has 0 radical (unpaired) electrons. The van der Waals surface area contributed by atoms with Gasteiger partial charge in [0, 0.05) is 17.4 Å². The lowest BCUT2D eigenvalue weighted by molar-refractivity contribution is 0.266. The van der Waals surface area contributed by atoms with Crippen LogP contribution >= 0.6 is 0 Å². The van der Waals surface area contributed by atoms with Gasteiger partial charge >= 0.3 is 0 Å². The van der Waals surface area contributed by atoms with Crippen molar-refractivity contribution < 1.29 is 23.0 Å². The first kappa shape index (κ1) is 14.8. The van der Waals surface area contributed by atoms with Crippen molar-refractivity contribution >= 4 is 9.84 Å². The second-order valence-electron chi connectivity index (χ2n) is 3.72. The number of benzene rings is 1. The molecule has 1 rings (SSSR count). The Hall–Kier alpha value is -1.27. The topological polar surface area (TPSA) is 72.8 Å². The van der Waals surface area contributed by atoms with Crippen LogP contribution in [0.25, 0.3) is 0 Å². The lowest BCUT2D eigenvalue weighted by Gasteiger charge is -2.11. The average Bonchev–Trinajstić information content (AvgIpc) is 2.38. The smallest absolute Gasteiger partial charge is 0.153 e. The summed E-state index contributed by atoms with van der Waals surface area (Å²) in [5.41, 5.74) is 0.602. The molecule has 18 heavy (non-hydrogen) atoms. The Balaban J connectivity index is 2.71. The third kappa shape index (κ3) is 4.19. The lowest BCUT2D eigenvalue weighted by Crippen LogP contribution is -2.16. The zero-order valence-electron chi connectivity index (χ0n) is 10.5. The van der Waals surface area contributed by atoms with Crippen LogP contribution in [0.4, 0.5) is 0 Å². The van der Waals surface area contributed by atoms with Gasteiger partial charge in [0.25, 0.3) is 0 Å². The van der Waals surface area contributed by atoms with Gasteiger partial charge in [0.2, 0.25) is 0 Å². The predicted octanol–water partition coefficient (Wildman–Crippen LogP) is 1.00. The van der Waals surface area contributed by atoms with E-state index in [0.29, 0.717) is 17.1 Å². The maximum Gasteiger partial charge on any atom is 0.153 e. The fourth-order valence-electron chi connectivity index (χ4n) is 1.35. The van der Waals surface area contributed by atoms with E-state index in [2.05, 4.69) is 0 Å². The number of rotatable bonds is 7. The Morgan fingerprint density at radius 1 is 1.33 bits per heavy atom. The van der Waals surface area contributed by atoms with E-state index in [1.165, 1.54) is 7.11 Å². The van der Waals surface area contributed by atoms with Crippen molar-refractivity contribution in [2.45, 2.75) is 13.5 Å². The monoisotopic (exact) mass is 274 g/mol. The maximum absolute atomic E-state index is 11.3. The van der Waals surface area contributed by atoms with Gasteiger partial charge in [-0.15, -0.1) is 0 Å². The van der Waals surface area contributed by atoms with Gasteiger partial charge in [-0.3, -0.25) is 0 Å². The van der Waals surface area contributed by atoms with Gasteiger partial charge in [-0.25, -0.2) is 8.42 Å². The van der Waals surface area contributed by atoms with Gasteiger partial charge in [-0.1, -0.05) is 6.92 Å². The molecule has 1 N–H and O–H groups in total. The Morgan fingerprint density at radius 3 is 2.61 bits per heavy atom. The molecule has 0 aliphatic heterocycles. The minimum Gasteiger partial charge on any atom is -0.497 e. The standard InChI is InChI=1S/C12H18O5S/c1-3-18(14,15)7-6-17-12-8-11(16-2)5-4-10(12)9-13/h4-5,8,13H,3,6-7,9H2,1-2H3. The van der Waals surface area contributed by atoms with Crippen molar-refractivity contribution in [2.24, 2.45) is 0 Å². The molecule has 5 nitrogen and oxygen atoms in total. The Kier molecular flexibility index (Phi) is 5.43. The summed E-state index contributed by atoms with van der Waals surface area (Å²) in [6.45, 7) is 1.50. The van der Waals surface area contributed by atoms with Crippen LogP contribution in [0.3, 0.4) is 0 Å². The van der Waals surface area contributed by atoms with E-state index in [-0.39, 0.29) is 24.7 Å². The van der Waals surface area contributed by atoms with Crippen LogP contribution < -0.4 is 9.47 Å². The third-order valence-electron chi connectivity index (χ3n) is 2.54. The molecule has 0 bridgehead atoms. The second-order valence-corrected chi connectivity index (χ2v) is 6.19. The van der Waals surface area contributed by atoms with Crippen LogP contribution in [0.5, 0.6) is 11.5 Å². The Morgan fingerprint density at radius 2 is 2.06 bits per heavy atom. The molecule has 102 valence electrons. The number of ether oxygens (including phenoxy) is 2. The average molecular weight is 274 g/mol. The molecule has 0 fully saturated rings. The van der Waals surface area contributed by atoms with Crippen molar-refractivity contribution in [1.29, 1.82) is 0 Å².